The average molecular weight is 245 g/mol. The molecular weight excluding hydrogens is 230 g/mol. The van der Waals surface area contributed by atoms with Crippen LogP contribution in [0.25, 0.3) is 0 Å². The first-order chi connectivity index (χ1) is 8.70. The molecule has 0 radical (unpaired) electrons. The molecule has 5 nitrogen and oxygen atoms in total. The van der Waals surface area contributed by atoms with Crippen molar-refractivity contribution >= 4 is 11.7 Å². The first-order valence-electron chi connectivity index (χ1n) is 5.73. The van der Waals surface area contributed by atoms with Crippen molar-refractivity contribution in [2.24, 2.45) is 0 Å². The summed E-state index contributed by atoms with van der Waals surface area (Å²) in [5, 5.41) is 0. The van der Waals surface area contributed by atoms with Crippen LogP contribution in [-0.2, 0) is 11.3 Å². The quantitative estimate of drug-likeness (QED) is 0.657. The maximum atomic E-state index is 11.6. The lowest BCUT2D eigenvalue weighted by Gasteiger charge is -2.07. The van der Waals surface area contributed by atoms with Gasteiger partial charge in [0.1, 0.15) is 0 Å². The third kappa shape index (κ3) is 2.68. The highest BCUT2D eigenvalue weighted by Gasteiger charge is 2.13. The Morgan fingerprint density at radius 2 is 2.11 bits per heavy atom. The summed E-state index contributed by atoms with van der Waals surface area (Å²) in [5.74, 6) is -0.0911. The van der Waals surface area contributed by atoms with E-state index >= 15 is 0 Å². The van der Waals surface area contributed by atoms with Crippen LogP contribution in [0.3, 0.4) is 0 Å². The number of nitrogens with zero attached hydrogens (tertiary/aromatic N) is 2. The van der Waals surface area contributed by atoms with E-state index < -0.39 is 5.97 Å². The van der Waals surface area contributed by atoms with Gasteiger partial charge in [-0.25, -0.2) is 9.78 Å². The van der Waals surface area contributed by atoms with Crippen molar-refractivity contribution in [2.75, 3.05) is 12.3 Å². The minimum Gasteiger partial charge on any atom is -0.460 e. The second-order valence-electron chi connectivity index (χ2n) is 3.84. The Morgan fingerprint density at radius 1 is 1.39 bits per heavy atom. The number of imidazole rings is 1. The molecule has 2 N–H and O–H groups in total. The van der Waals surface area contributed by atoms with E-state index in [0.29, 0.717) is 19.0 Å². The molecule has 0 amide bonds. The molecule has 0 aliphatic rings. The van der Waals surface area contributed by atoms with Crippen molar-refractivity contribution < 1.29 is 9.53 Å². The van der Waals surface area contributed by atoms with Crippen molar-refractivity contribution in [3.05, 3.63) is 48.0 Å². The van der Waals surface area contributed by atoms with Gasteiger partial charge < -0.3 is 15.0 Å². The van der Waals surface area contributed by atoms with Crippen molar-refractivity contribution in [3.63, 3.8) is 0 Å². The molecule has 1 heterocycles. The fraction of sp³-hybridized carbons (Fsp3) is 0.231. The zero-order valence-corrected chi connectivity index (χ0v) is 10.2. The molecule has 5 heteroatoms. The largest absolute Gasteiger partial charge is 0.460 e. The summed E-state index contributed by atoms with van der Waals surface area (Å²) in [6.45, 7) is 2.67. The van der Waals surface area contributed by atoms with Gasteiger partial charge in [-0.1, -0.05) is 12.1 Å². The molecule has 0 spiro atoms. The number of nitrogens with two attached hydrogens (primary N) is 1. The van der Waals surface area contributed by atoms with Crippen LogP contribution in [-0.4, -0.2) is 22.1 Å². The second kappa shape index (κ2) is 5.35. The number of nitrogen functional groups attached to an aromatic ring is 1. The maximum absolute atomic E-state index is 11.6. The van der Waals surface area contributed by atoms with Crippen LogP contribution in [0.4, 0.5) is 5.69 Å². The minimum absolute atomic E-state index is 0.314. The van der Waals surface area contributed by atoms with E-state index in [1.807, 2.05) is 24.3 Å². The maximum Gasteiger partial charge on any atom is 0.374 e. The van der Waals surface area contributed by atoms with Gasteiger partial charge in [0.25, 0.3) is 0 Å². The lowest BCUT2D eigenvalue weighted by Crippen LogP contribution is -2.13. The zero-order valence-electron chi connectivity index (χ0n) is 10.2. The van der Waals surface area contributed by atoms with Gasteiger partial charge >= 0.3 is 5.97 Å². The molecule has 2 rings (SSSR count). The summed E-state index contributed by atoms with van der Waals surface area (Å²) in [5.41, 5.74) is 7.39. The van der Waals surface area contributed by atoms with Gasteiger partial charge in [0.2, 0.25) is 5.82 Å². The van der Waals surface area contributed by atoms with Crippen LogP contribution in [0.2, 0.25) is 0 Å². The van der Waals surface area contributed by atoms with Crippen LogP contribution in [0.1, 0.15) is 23.1 Å². The van der Waals surface area contributed by atoms with Gasteiger partial charge in [-0.3, -0.25) is 0 Å². The van der Waals surface area contributed by atoms with Gasteiger partial charge in [0.15, 0.2) is 0 Å². The molecule has 1 aromatic heterocycles. The lowest BCUT2D eigenvalue weighted by atomic mass is 10.2. The van der Waals surface area contributed by atoms with E-state index in [-0.39, 0.29) is 0 Å². The highest BCUT2D eigenvalue weighted by molar-refractivity contribution is 5.85. The Hall–Kier alpha value is -2.30. The molecule has 94 valence electrons. The van der Waals surface area contributed by atoms with E-state index in [2.05, 4.69) is 4.98 Å². The Bertz CT molecular complexity index is 531. The molecule has 0 aliphatic carbocycles. The number of carbonyl (C=O) groups excluding carboxylic acids is 1. The smallest absolute Gasteiger partial charge is 0.374 e. The molecule has 1 aromatic carbocycles. The van der Waals surface area contributed by atoms with Crippen LogP contribution in [0, 0.1) is 0 Å². The van der Waals surface area contributed by atoms with Crippen molar-refractivity contribution in [1.82, 2.24) is 9.55 Å². The van der Waals surface area contributed by atoms with Crippen LogP contribution < -0.4 is 5.73 Å². The molecule has 18 heavy (non-hydrogen) atoms. The molecule has 0 bridgehead atoms. The normalized spacial score (nSPS) is 10.3. The van der Waals surface area contributed by atoms with E-state index in [0.717, 1.165) is 11.3 Å². The fourth-order valence-corrected chi connectivity index (χ4v) is 1.64. The number of hydrogen-bond donors (Lipinski definition) is 1. The summed E-state index contributed by atoms with van der Waals surface area (Å²) in [6.07, 6.45) is 3.34. The average Bonchev–Trinajstić information content (AvgIpc) is 2.81. The molecule has 2 aromatic rings. The third-order valence-electron chi connectivity index (χ3n) is 2.51. The van der Waals surface area contributed by atoms with Gasteiger partial charge in [-0.05, 0) is 24.6 Å². The van der Waals surface area contributed by atoms with E-state index in [1.165, 1.54) is 0 Å². The number of aromatic nitrogens is 2. The number of benzene rings is 1. The van der Waals surface area contributed by atoms with E-state index in [9.17, 15) is 4.79 Å². The summed E-state index contributed by atoms with van der Waals surface area (Å²) in [4.78, 5) is 15.7. The number of rotatable bonds is 4. The molecule has 0 aliphatic heterocycles. The molecule has 0 fully saturated rings. The Kier molecular flexibility index (Phi) is 3.62. The van der Waals surface area contributed by atoms with Gasteiger partial charge in [0, 0.05) is 24.6 Å². The van der Waals surface area contributed by atoms with Crippen molar-refractivity contribution in [3.8, 4) is 0 Å². The Balaban J connectivity index is 2.17. The summed E-state index contributed by atoms with van der Waals surface area (Å²) in [6, 6.07) is 7.50. The van der Waals surface area contributed by atoms with Gasteiger partial charge in [-0.2, -0.15) is 0 Å². The molecule has 0 atom stereocenters. The van der Waals surface area contributed by atoms with Crippen molar-refractivity contribution in [1.29, 1.82) is 0 Å². The molecule has 0 saturated heterocycles. The predicted octanol–water partition coefficient (Wildman–Crippen LogP) is 1.69. The Labute approximate surface area is 105 Å². The van der Waals surface area contributed by atoms with Crippen LogP contribution >= 0.6 is 0 Å². The molecular formula is C13H15N3O2. The number of carbonyl (C=O) groups is 1. The zero-order chi connectivity index (χ0) is 13.0. The first-order valence-corrected chi connectivity index (χ1v) is 5.73. The highest BCUT2D eigenvalue weighted by atomic mass is 16.5. The fourth-order valence-electron chi connectivity index (χ4n) is 1.64. The van der Waals surface area contributed by atoms with E-state index in [4.69, 9.17) is 10.5 Å². The number of esters is 1. The van der Waals surface area contributed by atoms with Crippen LogP contribution in [0.15, 0.2) is 36.7 Å². The summed E-state index contributed by atoms with van der Waals surface area (Å²) >= 11 is 0. The molecule has 0 unspecified atom stereocenters. The lowest BCUT2D eigenvalue weighted by molar-refractivity contribution is 0.0507. The number of anilines is 1. The summed E-state index contributed by atoms with van der Waals surface area (Å²) < 4.78 is 6.69. The molecule has 0 saturated carbocycles. The standard InChI is InChI=1S/C13H15N3O2/c1-2-18-13(17)12-15-7-8-16(12)9-10-3-5-11(14)6-4-10/h3-8H,2,9,14H2,1H3. The first kappa shape index (κ1) is 12.2. The van der Waals surface area contributed by atoms with Crippen molar-refractivity contribution in [2.45, 2.75) is 13.5 Å². The second-order valence-corrected chi connectivity index (χ2v) is 3.84. The van der Waals surface area contributed by atoms with Gasteiger partial charge in [-0.15, -0.1) is 0 Å². The van der Waals surface area contributed by atoms with E-state index in [1.54, 1.807) is 23.9 Å². The number of ether oxygens (including phenoxy) is 1. The minimum atomic E-state index is -0.405. The Morgan fingerprint density at radius 3 is 2.78 bits per heavy atom. The highest BCUT2D eigenvalue weighted by Crippen LogP contribution is 2.09. The topological polar surface area (TPSA) is 70.1 Å². The monoisotopic (exact) mass is 245 g/mol. The van der Waals surface area contributed by atoms with Gasteiger partial charge in [0.05, 0.1) is 6.61 Å². The number of hydrogen-bond acceptors (Lipinski definition) is 4. The van der Waals surface area contributed by atoms with Crippen LogP contribution in [0.5, 0.6) is 0 Å². The predicted molar refractivity (Wildman–Crippen MR) is 68.1 cm³/mol. The summed E-state index contributed by atoms with van der Waals surface area (Å²) in [7, 11) is 0. The third-order valence-corrected chi connectivity index (χ3v) is 2.51. The SMILES string of the molecule is CCOC(=O)c1nccn1Cc1ccc(N)cc1.